The summed E-state index contributed by atoms with van der Waals surface area (Å²) in [4.78, 5) is 22.7. The Labute approximate surface area is 157 Å². The van der Waals surface area contributed by atoms with Gasteiger partial charge in [-0.05, 0) is 23.6 Å². The molecule has 0 radical (unpaired) electrons. The van der Waals surface area contributed by atoms with Gasteiger partial charge in [-0.1, -0.05) is 18.2 Å². The van der Waals surface area contributed by atoms with Gasteiger partial charge < -0.3 is 20.1 Å². The van der Waals surface area contributed by atoms with Crippen LogP contribution in [0.1, 0.15) is 17.5 Å². The van der Waals surface area contributed by atoms with E-state index in [2.05, 4.69) is 14.9 Å². The quantitative estimate of drug-likeness (QED) is 0.452. The average molecular weight is 369 g/mol. The molecule has 8 nitrogen and oxygen atoms in total. The number of amidine groups is 1. The number of anilines is 1. The summed E-state index contributed by atoms with van der Waals surface area (Å²) >= 11 is 0. The van der Waals surface area contributed by atoms with Crippen LogP contribution in [0.4, 0.5) is 5.95 Å². The van der Waals surface area contributed by atoms with Gasteiger partial charge in [0.15, 0.2) is 0 Å². The predicted molar refractivity (Wildman–Crippen MR) is 102 cm³/mol. The standard InChI is InChI=1S/C19H23N5O3/c1-13-14(12-27-18(25)9-17(20)21)3-2-4-16(13)15-10-22-19(23-11-15)24-5-7-26-8-6-24/h2-4,10-11H,5-9,12H2,1H3,(H3,20,21). The van der Waals surface area contributed by atoms with Gasteiger partial charge in [0.2, 0.25) is 5.95 Å². The Morgan fingerprint density at radius 3 is 2.67 bits per heavy atom. The molecule has 0 atom stereocenters. The lowest BCUT2D eigenvalue weighted by Crippen LogP contribution is -2.37. The van der Waals surface area contributed by atoms with Crippen LogP contribution < -0.4 is 10.6 Å². The van der Waals surface area contributed by atoms with Gasteiger partial charge in [0.25, 0.3) is 0 Å². The molecule has 3 N–H and O–H groups in total. The highest BCUT2D eigenvalue weighted by atomic mass is 16.5. The SMILES string of the molecule is Cc1c(COC(=O)CC(=N)N)cccc1-c1cnc(N2CCOCC2)nc1. The normalized spacial score (nSPS) is 14.0. The minimum absolute atomic E-state index is 0.137. The van der Waals surface area contributed by atoms with Crippen LogP contribution in [0.25, 0.3) is 11.1 Å². The van der Waals surface area contributed by atoms with Crippen molar-refractivity contribution in [3.8, 4) is 11.1 Å². The summed E-state index contributed by atoms with van der Waals surface area (Å²) in [6, 6.07) is 5.80. The van der Waals surface area contributed by atoms with Crippen LogP contribution in [0.3, 0.4) is 0 Å². The maximum atomic E-state index is 11.6. The highest BCUT2D eigenvalue weighted by Crippen LogP contribution is 2.26. The lowest BCUT2D eigenvalue weighted by Gasteiger charge is -2.26. The van der Waals surface area contributed by atoms with Crippen LogP contribution >= 0.6 is 0 Å². The molecule has 0 saturated carbocycles. The van der Waals surface area contributed by atoms with Gasteiger partial charge in [0, 0.05) is 31.0 Å². The fourth-order valence-corrected chi connectivity index (χ4v) is 2.90. The van der Waals surface area contributed by atoms with E-state index in [-0.39, 0.29) is 18.9 Å². The third-order valence-corrected chi connectivity index (χ3v) is 4.41. The molecule has 2 heterocycles. The van der Waals surface area contributed by atoms with E-state index in [0.29, 0.717) is 19.2 Å². The van der Waals surface area contributed by atoms with Crippen LogP contribution in [0.5, 0.6) is 0 Å². The minimum Gasteiger partial charge on any atom is -0.460 e. The Kier molecular flexibility index (Phi) is 5.97. The summed E-state index contributed by atoms with van der Waals surface area (Å²) in [7, 11) is 0. The number of carbonyl (C=O) groups is 1. The van der Waals surface area contributed by atoms with Crippen molar-refractivity contribution in [1.82, 2.24) is 9.97 Å². The number of nitrogens with one attached hydrogen (secondary N) is 1. The zero-order chi connectivity index (χ0) is 19.2. The van der Waals surface area contributed by atoms with Crippen molar-refractivity contribution in [1.29, 1.82) is 5.41 Å². The first-order valence-electron chi connectivity index (χ1n) is 8.76. The van der Waals surface area contributed by atoms with E-state index in [0.717, 1.165) is 35.3 Å². The monoisotopic (exact) mass is 369 g/mol. The second kappa shape index (κ2) is 8.59. The number of nitrogens with two attached hydrogens (primary N) is 1. The number of carbonyl (C=O) groups excluding carboxylic acids is 1. The molecule has 2 aromatic rings. The second-order valence-electron chi connectivity index (χ2n) is 6.32. The Bertz CT molecular complexity index is 817. The summed E-state index contributed by atoms with van der Waals surface area (Å²) in [5.74, 6) is -0.0116. The van der Waals surface area contributed by atoms with Gasteiger partial charge >= 0.3 is 5.97 Å². The first kappa shape index (κ1) is 18.8. The first-order valence-corrected chi connectivity index (χ1v) is 8.76. The topological polar surface area (TPSA) is 114 Å². The third kappa shape index (κ3) is 4.79. The molecule has 0 aliphatic carbocycles. The van der Waals surface area contributed by atoms with Crippen LogP contribution in [0.2, 0.25) is 0 Å². The van der Waals surface area contributed by atoms with Gasteiger partial charge in [0.05, 0.1) is 13.2 Å². The molecule has 1 fully saturated rings. The Morgan fingerprint density at radius 1 is 1.30 bits per heavy atom. The van der Waals surface area contributed by atoms with Crippen LogP contribution in [0, 0.1) is 12.3 Å². The lowest BCUT2D eigenvalue weighted by atomic mass is 9.99. The molecule has 3 rings (SSSR count). The van der Waals surface area contributed by atoms with Crippen molar-refractivity contribution < 1.29 is 14.3 Å². The van der Waals surface area contributed by atoms with E-state index in [1.807, 2.05) is 37.5 Å². The smallest absolute Gasteiger partial charge is 0.313 e. The van der Waals surface area contributed by atoms with Crippen LogP contribution in [0.15, 0.2) is 30.6 Å². The van der Waals surface area contributed by atoms with E-state index in [9.17, 15) is 4.79 Å². The van der Waals surface area contributed by atoms with Gasteiger partial charge in [-0.15, -0.1) is 0 Å². The third-order valence-electron chi connectivity index (χ3n) is 4.41. The lowest BCUT2D eigenvalue weighted by molar-refractivity contribution is -0.143. The highest BCUT2D eigenvalue weighted by Gasteiger charge is 2.15. The zero-order valence-corrected chi connectivity index (χ0v) is 15.3. The van der Waals surface area contributed by atoms with Crippen molar-refractivity contribution >= 4 is 17.8 Å². The van der Waals surface area contributed by atoms with Gasteiger partial charge in [-0.2, -0.15) is 0 Å². The maximum absolute atomic E-state index is 11.6. The fourth-order valence-electron chi connectivity index (χ4n) is 2.90. The number of nitrogens with zero attached hydrogens (tertiary/aromatic N) is 3. The van der Waals surface area contributed by atoms with Crippen molar-refractivity contribution in [3.63, 3.8) is 0 Å². The van der Waals surface area contributed by atoms with Gasteiger partial charge in [0.1, 0.15) is 18.9 Å². The molecule has 1 aliphatic heterocycles. The molecule has 142 valence electrons. The molecule has 0 amide bonds. The molecule has 1 aromatic heterocycles. The molecule has 0 spiro atoms. The molecule has 8 heteroatoms. The molecular weight excluding hydrogens is 346 g/mol. The zero-order valence-electron chi connectivity index (χ0n) is 15.3. The summed E-state index contributed by atoms with van der Waals surface area (Å²) < 4.78 is 10.6. The van der Waals surface area contributed by atoms with E-state index in [1.165, 1.54) is 0 Å². The average Bonchev–Trinajstić information content (AvgIpc) is 2.67. The fraction of sp³-hybridized carbons (Fsp3) is 0.368. The Hall–Kier alpha value is -3.00. The van der Waals surface area contributed by atoms with E-state index < -0.39 is 5.97 Å². The van der Waals surface area contributed by atoms with Crippen LogP contribution in [-0.4, -0.2) is 48.1 Å². The number of aromatic nitrogens is 2. The van der Waals surface area contributed by atoms with Crippen molar-refractivity contribution in [2.75, 3.05) is 31.2 Å². The molecule has 1 saturated heterocycles. The molecular formula is C19H23N5O3. The molecule has 1 aliphatic rings. The summed E-state index contributed by atoms with van der Waals surface area (Å²) in [5.41, 5.74) is 9.00. The number of hydrogen-bond acceptors (Lipinski definition) is 7. The minimum atomic E-state index is -0.509. The molecule has 0 unspecified atom stereocenters. The number of morpholine rings is 1. The summed E-state index contributed by atoms with van der Waals surface area (Å²) in [6.07, 6.45) is 3.42. The van der Waals surface area contributed by atoms with Crippen LogP contribution in [-0.2, 0) is 20.9 Å². The van der Waals surface area contributed by atoms with E-state index >= 15 is 0 Å². The van der Waals surface area contributed by atoms with Crippen molar-refractivity contribution in [2.24, 2.45) is 5.73 Å². The summed E-state index contributed by atoms with van der Waals surface area (Å²) in [5, 5.41) is 7.14. The van der Waals surface area contributed by atoms with Crippen molar-refractivity contribution in [3.05, 3.63) is 41.7 Å². The van der Waals surface area contributed by atoms with Gasteiger partial charge in [-0.3, -0.25) is 10.2 Å². The first-order chi connectivity index (χ1) is 13.0. The highest BCUT2D eigenvalue weighted by molar-refractivity contribution is 5.94. The molecule has 27 heavy (non-hydrogen) atoms. The number of esters is 1. The van der Waals surface area contributed by atoms with E-state index in [4.69, 9.17) is 20.6 Å². The number of benzene rings is 1. The number of hydrogen-bond donors (Lipinski definition) is 2. The van der Waals surface area contributed by atoms with E-state index in [1.54, 1.807) is 0 Å². The molecule has 1 aromatic carbocycles. The summed E-state index contributed by atoms with van der Waals surface area (Å²) in [6.45, 7) is 5.07. The predicted octanol–water partition coefficient (Wildman–Crippen LogP) is 1.66. The number of rotatable bonds is 6. The largest absolute Gasteiger partial charge is 0.460 e. The Morgan fingerprint density at radius 2 is 2.00 bits per heavy atom. The van der Waals surface area contributed by atoms with Crippen molar-refractivity contribution in [2.45, 2.75) is 20.0 Å². The Balaban J connectivity index is 1.73. The van der Waals surface area contributed by atoms with Gasteiger partial charge in [-0.25, -0.2) is 9.97 Å². The maximum Gasteiger partial charge on any atom is 0.313 e. The molecule has 0 bridgehead atoms. The number of ether oxygens (including phenoxy) is 2. The second-order valence-corrected chi connectivity index (χ2v) is 6.32.